The molecule has 2 amide bonds. The van der Waals surface area contributed by atoms with Crippen molar-refractivity contribution >= 4 is 17.8 Å². The largest absolute Gasteiger partial charge is 0.481 e. The molecule has 0 spiro atoms. The molecule has 0 saturated carbocycles. The van der Waals surface area contributed by atoms with E-state index in [2.05, 4.69) is 10.6 Å². The third-order valence-corrected chi connectivity index (χ3v) is 2.53. The fourth-order valence-corrected chi connectivity index (χ4v) is 1.33. The van der Waals surface area contributed by atoms with Crippen LogP contribution in [-0.4, -0.2) is 35.0 Å². The summed E-state index contributed by atoms with van der Waals surface area (Å²) in [7, 11) is 0. The van der Waals surface area contributed by atoms with Crippen molar-refractivity contribution < 1.29 is 19.5 Å². The number of hydrogen-bond acceptors (Lipinski definition) is 3. The van der Waals surface area contributed by atoms with Crippen LogP contribution in [0.1, 0.15) is 47.5 Å². The van der Waals surface area contributed by atoms with Gasteiger partial charge in [-0.25, -0.2) is 0 Å². The number of carboxylic acids is 1. The molecule has 0 aliphatic heterocycles. The molecule has 0 heterocycles. The Balaban J connectivity index is 4.17. The van der Waals surface area contributed by atoms with Crippen LogP contribution in [0.4, 0.5) is 0 Å². The van der Waals surface area contributed by atoms with Gasteiger partial charge in [-0.15, -0.1) is 0 Å². The fourth-order valence-electron chi connectivity index (χ4n) is 1.33. The van der Waals surface area contributed by atoms with Gasteiger partial charge in [-0.1, -0.05) is 20.8 Å². The van der Waals surface area contributed by atoms with Crippen molar-refractivity contribution in [3.63, 3.8) is 0 Å². The number of carboxylic acid groups (broad SMARTS) is 1. The molecule has 0 aromatic carbocycles. The van der Waals surface area contributed by atoms with Crippen LogP contribution in [0.2, 0.25) is 0 Å². The van der Waals surface area contributed by atoms with Gasteiger partial charge in [0.15, 0.2) is 0 Å². The Morgan fingerprint density at radius 2 is 1.58 bits per heavy atom. The molecule has 6 heteroatoms. The number of rotatable bonds is 6. The first-order chi connectivity index (χ1) is 8.44. The first kappa shape index (κ1) is 17.4. The second-order valence-corrected chi connectivity index (χ2v) is 6.26. The van der Waals surface area contributed by atoms with Crippen LogP contribution in [-0.2, 0) is 14.4 Å². The predicted octanol–water partition coefficient (Wildman–Crippen LogP) is 0.908. The molecule has 0 rings (SSSR count). The number of nitrogens with one attached hydrogen (secondary N) is 2. The summed E-state index contributed by atoms with van der Waals surface area (Å²) in [5.41, 5.74) is -1.15. The Kier molecular flexibility index (Phi) is 5.99. The summed E-state index contributed by atoms with van der Waals surface area (Å²) >= 11 is 0. The van der Waals surface area contributed by atoms with Crippen molar-refractivity contribution in [1.29, 1.82) is 0 Å². The molecule has 0 bridgehead atoms. The minimum atomic E-state index is -0.900. The molecule has 19 heavy (non-hydrogen) atoms. The lowest BCUT2D eigenvalue weighted by Gasteiger charge is -2.26. The van der Waals surface area contributed by atoms with Gasteiger partial charge in [0.25, 0.3) is 0 Å². The number of carbonyl (C=O) groups excluding carboxylic acids is 2. The first-order valence-corrected chi connectivity index (χ1v) is 6.25. The lowest BCUT2D eigenvalue weighted by molar-refractivity contribution is -0.137. The lowest BCUT2D eigenvalue weighted by atomic mass is 9.95. The third-order valence-electron chi connectivity index (χ3n) is 2.53. The van der Waals surface area contributed by atoms with Crippen molar-refractivity contribution in [3.05, 3.63) is 0 Å². The van der Waals surface area contributed by atoms with E-state index in [4.69, 9.17) is 5.11 Å². The summed E-state index contributed by atoms with van der Waals surface area (Å²) in [6.07, 6.45) is 0.322. The SMILES string of the molecule is CC(C)(CCC(=O)O)NC(=O)CNC(=O)C(C)(C)C. The van der Waals surface area contributed by atoms with E-state index in [0.717, 1.165) is 0 Å². The molecule has 0 aliphatic rings. The Bertz CT molecular complexity index is 356. The highest BCUT2D eigenvalue weighted by Gasteiger charge is 2.24. The predicted molar refractivity (Wildman–Crippen MR) is 71.6 cm³/mol. The monoisotopic (exact) mass is 272 g/mol. The van der Waals surface area contributed by atoms with Gasteiger partial charge in [-0.2, -0.15) is 0 Å². The average molecular weight is 272 g/mol. The van der Waals surface area contributed by atoms with Gasteiger partial charge in [0, 0.05) is 17.4 Å². The lowest BCUT2D eigenvalue weighted by Crippen LogP contribution is -2.49. The summed E-state index contributed by atoms with van der Waals surface area (Å²) < 4.78 is 0. The molecular weight excluding hydrogens is 248 g/mol. The summed E-state index contributed by atoms with van der Waals surface area (Å²) in [4.78, 5) is 33.7. The van der Waals surface area contributed by atoms with Gasteiger partial charge in [0.2, 0.25) is 11.8 Å². The van der Waals surface area contributed by atoms with Gasteiger partial charge in [-0.3, -0.25) is 14.4 Å². The van der Waals surface area contributed by atoms with Gasteiger partial charge < -0.3 is 15.7 Å². The molecule has 0 radical (unpaired) electrons. The standard InChI is InChI=1S/C13H24N2O4/c1-12(2,3)11(19)14-8-9(16)15-13(4,5)7-6-10(17)18/h6-8H2,1-5H3,(H,14,19)(H,15,16)(H,17,18). The van der Waals surface area contributed by atoms with Crippen molar-refractivity contribution in [2.45, 2.75) is 53.0 Å². The summed E-state index contributed by atoms with van der Waals surface area (Å²) in [6.45, 7) is 8.68. The Labute approximate surface area is 113 Å². The number of amides is 2. The maximum atomic E-state index is 11.7. The summed E-state index contributed by atoms with van der Waals surface area (Å²) in [6, 6.07) is 0. The van der Waals surface area contributed by atoms with Crippen LogP contribution >= 0.6 is 0 Å². The van der Waals surface area contributed by atoms with Crippen LogP contribution < -0.4 is 10.6 Å². The Morgan fingerprint density at radius 3 is 2.00 bits per heavy atom. The topological polar surface area (TPSA) is 95.5 Å². The van der Waals surface area contributed by atoms with E-state index < -0.39 is 16.9 Å². The Morgan fingerprint density at radius 1 is 1.05 bits per heavy atom. The van der Waals surface area contributed by atoms with E-state index in [-0.39, 0.29) is 24.8 Å². The molecule has 0 atom stereocenters. The van der Waals surface area contributed by atoms with E-state index >= 15 is 0 Å². The molecular formula is C13H24N2O4. The van der Waals surface area contributed by atoms with Crippen molar-refractivity contribution in [1.82, 2.24) is 10.6 Å². The highest BCUT2D eigenvalue weighted by atomic mass is 16.4. The second kappa shape index (κ2) is 6.54. The van der Waals surface area contributed by atoms with Crippen LogP contribution in [0.3, 0.4) is 0 Å². The highest BCUT2D eigenvalue weighted by Crippen LogP contribution is 2.12. The van der Waals surface area contributed by atoms with E-state index in [1.54, 1.807) is 34.6 Å². The summed E-state index contributed by atoms with van der Waals surface area (Å²) in [5, 5.41) is 13.9. The maximum absolute atomic E-state index is 11.7. The molecule has 0 unspecified atom stereocenters. The van der Waals surface area contributed by atoms with E-state index in [1.165, 1.54) is 0 Å². The van der Waals surface area contributed by atoms with E-state index in [9.17, 15) is 14.4 Å². The van der Waals surface area contributed by atoms with E-state index in [0.29, 0.717) is 6.42 Å². The molecule has 0 aliphatic carbocycles. The van der Waals surface area contributed by atoms with Crippen LogP contribution in [0.15, 0.2) is 0 Å². The second-order valence-electron chi connectivity index (χ2n) is 6.26. The number of carbonyl (C=O) groups is 3. The van der Waals surface area contributed by atoms with Gasteiger partial charge in [0.05, 0.1) is 6.54 Å². The van der Waals surface area contributed by atoms with Gasteiger partial charge in [0.1, 0.15) is 0 Å². The highest BCUT2D eigenvalue weighted by molar-refractivity contribution is 5.87. The number of aliphatic carboxylic acids is 1. The summed E-state index contributed by atoms with van der Waals surface area (Å²) in [5.74, 6) is -1.43. The molecule has 0 fully saturated rings. The van der Waals surface area contributed by atoms with Crippen LogP contribution in [0, 0.1) is 5.41 Å². The minimum Gasteiger partial charge on any atom is -0.481 e. The van der Waals surface area contributed by atoms with Crippen LogP contribution in [0.5, 0.6) is 0 Å². The van der Waals surface area contributed by atoms with E-state index in [1.807, 2.05) is 0 Å². The van der Waals surface area contributed by atoms with Crippen molar-refractivity contribution in [2.24, 2.45) is 5.41 Å². The molecule has 0 aromatic heterocycles. The Hall–Kier alpha value is -1.59. The average Bonchev–Trinajstić information content (AvgIpc) is 2.21. The van der Waals surface area contributed by atoms with Crippen LogP contribution in [0.25, 0.3) is 0 Å². The normalized spacial score (nSPS) is 11.8. The molecule has 0 aromatic rings. The molecule has 3 N–H and O–H groups in total. The number of hydrogen-bond donors (Lipinski definition) is 3. The smallest absolute Gasteiger partial charge is 0.303 e. The zero-order chi connectivity index (χ0) is 15.3. The van der Waals surface area contributed by atoms with Gasteiger partial charge in [-0.05, 0) is 20.3 Å². The fraction of sp³-hybridized carbons (Fsp3) is 0.769. The first-order valence-electron chi connectivity index (χ1n) is 6.25. The maximum Gasteiger partial charge on any atom is 0.303 e. The minimum absolute atomic E-state index is 0.0123. The third kappa shape index (κ3) is 8.18. The molecule has 6 nitrogen and oxygen atoms in total. The van der Waals surface area contributed by atoms with Crippen molar-refractivity contribution in [2.75, 3.05) is 6.54 Å². The van der Waals surface area contributed by atoms with Crippen molar-refractivity contribution in [3.8, 4) is 0 Å². The van der Waals surface area contributed by atoms with Gasteiger partial charge >= 0.3 is 5.97 Å². The zero-order valence-electron chi connectivity index (χ0n) is 12.3. The quantitative estimate of drug-likeness (QED) is 0.669. The molecule has 0 saturated heterocycles. The molecule has 110 valence electrons. The zero-order valence-corrected chi connectivity index (χ0v) is 12.3.